The average Bonchev–Trinajstić information content (AvgIpc) is 3.29. The molecule has 0 bridgehead atoms. The number of nitrogens with zero attached hydrogens (tertiary/aromatic N) is 2. The molecule has 2 heterocycles. The van der Waals surface area contributed by atoms with E-state index in [9.17, 15) is 20.0 Å². The number of hydrogen-bond acceptors (Lipinski definition) is 7. The summed E-state index contributed by atoms with van der Waals surface area (Å²) < 4.78 is 10.6. The van der Waals surface area contributed by atoms with Gasteiger partial charge in [-0.1, -0.05) is 0 Å². The molecule has 0 aliphatic carbocycles. The van der Waals surface area contributed by atoms with Crippen molar-refractivity contribution in [3.63, 3.8) is 0 Å². The first-order valence-electron chi connectivity index (χ1n) is 10.5. The minimum atomic E-state index is -1.08. The van der Waals surface area contributed by atoms with Crippen molar-refractivity contribution in [3.8, 4) is 17.6 Å². The zero-order valence-electron chi connectivity index (χ0n) is 18.5. The number of ether oxygens (including phenoxy) is 2. The Labute approximate surface area is 224 Å². The second-order valence-electron chi connectivity index (χ2n) is 7.78. The van der Waals surface area contributed by atoms with Crippen molar-refractivity contribution in [1.29, 1.82) is 5.26 Å². The molecule has 1 aliphatic rings. The van der Waals surface area contributed by atoms with Crippen molar-refractivity contribution >= 4 is 69.5 Å². The molecular formula is C24H27N2NaO6S. The van der Waals surface area contributed by atoms with Gasteiger partial charge in [0.25, 0.3) is 0 Å². The quantitative estimate of drug-likeness (QED) is 0.401. The number of hydrogen-bond donors (Lipinski definition) is 2. The minimum absolute atomic E-state index is 0. The van der Waals surface area contributed by atoms with E-state index >= 15 is 0 Å². The third-order valence-corrected chi connectivity index (χ3v) is 6.94. The van der Waals surface area contributed by atoms with Gasteiger partial charge in [0.2, 0.25) is 0 Å². The molecule has 8 nitrogen and oxygen atoms in total. The van der Waals surface area contributed by atoms with Crippen molar-refractivity contribution in [1.82, 2.24) is 0 Å². The molecule has 2 aromatic rings. The van der Waals surface area contributed by atoms with Crippen LogP contribution in [0.25, 0.3) is 11.6 Å². The van der Waals surface area contributed by atoms with E-state index in [-0.39, 0.29) is 41.9 Å². The van der Waals surface area contributed by atoms with Gasteiger partial charge in [-0.15, -0.1) is 11.3 Å². The van der Waals surface area contributed by atoms with Crippen LogP contribution >= 0.6 is 11.3 Å². The number of carboxylic acid groups (broad SMARTS) is 2. The van der Waals surface area contributed by atoms with E-state index in [2.05, 4.69) is 11.0 Å². The van der Waals surface area contributed by atoms with E-state index in [0.717, 1.165) is 15.4 Å². The number of methoxy groups -OCH3 is 2. The molecule has 1 unspecified atom stereocenters. The van der Waals surface area contributed by atoms with Crippen LogP contribution in [0.2, 0.25) is 0 Å². The Morgan fingerprint density at radius 3 is 2.41 bits per heavy atom. The number of allylic oxidation sites excluding steroid dienone is 1. The van der Waals surface area contributed by atoms with Crippen molar-refractivity contribution in [3.05, 3.63) is 40.8 Å². The van der Waals surface area contributed by atoms with E-state index < -0.39 is 17.9 Å². The first-order valence-corrected chi connectivity index (χ1v) is 11.3. The third-order valence-electron chi connectivity index (χ3n) is 5.85. The molecule has 0 amide bonds. The fourth-order valence-corrected chi connectivity index (χ4v) is 5.08. The number of piperidine rings is 1. The number of thiophene rings is 1. The summed E-state index contributed by atoms with van der Waals surface area (Å²) in [6, 6.07) is 11.5. The van der Waals surface area contributed by atoms with Gasteiger partial charge < -0.3 is 24.6 Å². The third kappa shape index (κ3) is 6.76. The number of rotatable bonds is 9. The van der Waals surface area contributed by atoms with Gasteiger partial charge in [0.05, 0.1) is 43.2 Å². The monoisotopic (exact) mass is 494 g/mol. The maximum absolute atomic E-state index is 11.5. The van der Waals surface area contributed by atoms with E-state index in [1.54, 1.807) is 37.7 Å². The summed E-state index contributed by atoms with van der Waals surface area (Å²) in [6.45, 7) is 1.33. The molecule has 0 spiro atoms. The fourth-order valence-electron chi connectivity index (χ4n) is 4.08. The van der Waals surface area contributed by atoms with Gasteiger partial charge >= 0.3 is 41.5 Å². The Kier molecular flexibility index (Phi) is 10.5. The predicted molar refractivity (Wildman–Crippen MR) is 133 cm³/mol. The zero-order valence-corrected chi connectivity index (χ0v) is 19.3. The van der Waals surface area contributed by atoms with Crippen molar-refractivity contribution in [2.45, 2.75) is 19.3 Å². The van der Waals surface area contributed by atoms with Crippen LogP contribution in [0.15, 0.2) is 30.3 Å². The first-order chi connectivity index (χ1) is 15.9. The number of aliphatic carboxylic acids is 2. The van der Waals surface area contributed by atoms with Gasteiger partial charge in [-0.05, 0) is 60.7 Å². The molecular weight excluding hydrogens is 467 g/mol. The van der Waals surface area contributed by atoms with E-state index in [0.29, 0.717) is 43.0 Å². The molecule has 2 N–H and O–H groups in total. The predicted octanol–water partition coefficient (Wildman–Crippen LogP) is 3.57. The van der Waals surface area contributed by atoms with Crippen LogP contribution in [0.3, 0.4) is 0 Å². The summed E-state index contributed by atoms with van der Waals surface area (Å²) in [7, 11) is 3.11. The summed E-state index contributed by atoms with van der Waals surface area (Å²) in [6.07, 6.45) is 2.74. The molecule has 34 heavy (non-hydrogen) atoms. The van der Waals surface area contributed by atoms with Crippen LogP contribution in [0.1, 0.15) is 29.7 Å². The summed E-state index contributed by atoms with van der Waals surface area (Å²) in [5.74, 6) is -1.99. The summed E-state index contributed by atoms with van der Waals surface area (Å²) in [5.41, 5.74) is 1.23. The summed E-state index contributed by atoms with van der Waals surface area (Å²) >= 11 is 1.55. The molecule has 1 fully saturated rings. The fraction of sp³-hybridized carbons (Fsp3) is 0.375. The Hall–Kier alpha value is -2.51. The van der Waals surface area contributed by atoms with Gasteiger partial charge in [-0.25, -0.2) is 0 Å². The topological polar surface area (TPSA) is 120 Å². The summed E-state index contributed by atoms with van der Waals surface area (Å²) in [4.78, 5) is 25.6. The molecule has 0 radical (unpaired) electrons. The van der Waals surface area contributed by atoms with Gasteiger partial charge in [0.15, 0.2) is 11.5 Å². The SMILES string of the molecule is COc1ccc(C(C#N)=Cc2ccc(N3CCC(C(CC(=O)O)C(=O)O)CC3)s2)cc1OC.[NaH]. The van der Waals surface area contributed by atoms with Gasteiger partial charge in [-0.3, -0.25) is 9.59 Å². The summed E-state index contributed by atoms with van der Waals surface area (Å²) in [5, 5.41) is 29.1. The number of nitriles is 1. The van der Waals surface area contributed by atoms with Gasteiger partial charge in [-0.2, -0.15) is 5.26 Å². The van der Waals surface area contributed by atoms with Gasteiger partial charge in [0, 0.05) is 18.0 Å². The van der Waals surface area contributed by atoms with E-state index in [4.69, 9.17) is 14.6 Å². The molecule has 0 saturated carbocycles. The second kappa shape index (κ2) is 12.8. The standard InChI is InChI=1S/C24H26N2O6S.Na.H/c1-31-20-5-3-16(12-21(20)32-2)17(14-25)11-18-4-6-22(33-18)26-9-7-15(8-10-26)19(24(29)30)13-23(27)28;;/h3-6,11-12,15,19H,7-10,13H2,1-2H3,(H,27,28)(H,29,30);;. The number of anilines is 1. The van der Waals surface area contributed by atoms with Crippen LogP contribution in [-0.2, 0) is 9.59 Å². The number of carbonyl (C=O) groups is 2. The van der Waals surface area contributed by atoms with Crippen LogP contribution in [0.4, 0.5) is 5.00 Å². The van der Waals surface area contributed by atoms with Crippen LogP contribution < -0.4 is 14.4 Å². The zero-order chi connectivity index (χ0) is 24.0. The molecule has 1 saturated heterocycles. The van der Waals surface area contributed by atoms with Crippen LogP contribution in [0.5, 0.6) is 11.5 Å². The number of carboxylic acids is 2. The molecule has 3 rings (SSSR count). The normalized spacial score (nSPS) is 15.1. The molecule has 10 heteroatoms. The van der Waals surface area contributed by atoms with Crippen LogP contribution in [0, 0.1) is 23.2 Å². The average molecular weight is 495 g/mol. The molecule has 1 atom stereocenters. The van der Waals surface area contributed by atoms with E-state index in [1.165, 1.54) is 0 Å². The molecule has 1 aliphatic heterocycles. The Bertz CT molecular complexity index is 1090. The second-order valence-corrected chi connectivity index (χ2v) is 8.88. The Morgan fingerprint density at radius 1 is 1.18 bits per heavy atom. The van der Waals surface area contributed by atoms with E-state index in [1.807, 2.05) is 24.3 Å². The molecule has 1 aromatic carbocycles. The van der Waals surface area contributed by atoms with Gasteiger partial charge in [0.1, 0.15) is 0 Å². The Morgan fingerprint density at radius 2 is 1.85 bits per heavy atom. The maximum atomic E-state index is 11.5. The molecule has 1 aromatic heterocycles. The van der Waals surface area contributed by atoms with Crippen molar-refractivity contribution in [2.24, 2.45) is 11.8 Å². The van der Waals surface area contributed by atoms with Crippen molar-refractivity contribution in [2.75, 3.05) is 32.2 Å². The van der Waals surface area contributed by atoms with Crippen LogP contribution in [-0.4, -0.2) is 79.0 Å². The molecule has 176 valence electrons. The first kappa shape index (κ1) is 27.7. The number of benzene rings is 1. The van der Waals surface area contributed by atoms with Crippen molar-refractivity contribution < 1.29 is 29.3 Å². The Balaban J connectivity index is 0.00000408.